The number of aliphatic hydroxyl groups excluding tert-OH is 1. The van der Waals surface area contributed by atoms with E-state index in [0.717, 1.165) is 5.52 Å². The number of benzene rings is 2. The second kappa shape index (κ2) is 6.90. The maximum atomic E-state index is 12.3. The summed E-state index contributed by atoms with van der Waals surface area (Å²) in [6.45, 7) is 2.93. The minimum atomic E-state index is -4.75. The van der Waals surface area contributed by atoms with Crippen molar-refractivity contribution < 1.29 is 32.5 Å². The number of ether oxygens (including phenoxy) is 3. The van der Waals surface area contributed by atoms with E-state index in [1.54, 1.807) is 6.07 Å². The molecule has 0 saturated heterocycles. The number of aromatic nitrogens is 2. The maximum Gasteiger partial charge on any atom is 0.573 e. The molecule has 0 amide bonds. The minimum absolute atomic E-state index is 0.182. The second-order valence-electron chi connectivity index (χ2n) is 6.39. The zero-order valence-electron chi connectivity index (χ0n) is 14.9. The number of hydrogen-bond acceptors (Lipinski definition) is 5. The lowest BCUT2D eigenvalue weighted by molar-refractivity contribution is -0.274. The van der Waals surface area contributed by atoms with Crippen LogP contribution in [0.2, 0.25) is 0 Å². The predicted octanol–water partition coefficient (Wildman–Crippen LogP) is 3.75. The quantitative estimate of drug-likeness (QED) is 0.730. The van der Waals surface area contributed by atoms with Crippen molar-refractivity contribution >= 4 is 11.0 Å². The molecule has 148 valence electrons. The lowest BCUT2D eigenvalue weighted by Gasteiger charge is -2.19. The van der Waals surface area contributed by atoms with E-state index in [9.17, 15) is 18.3 Å². The van der Waals surface area contributed by atoms with Gasteiger partial charge in [-0.15, -0.1) is 13.2 Å². The number of rotatable bonds is 4. The number of aliphatic hydroxyl groups is 1. The first-order valence-electron chi connectivity index (χ1n) is 8.60. The third kappa shape index (κ3) is 3.70. The molecule has 0 fully saturated rings. The summed E-state index contributed by atoms with van der Waals surface area (Å²) in [5.41, 5.74) is 1.95. The van der Waals surface area contributed by atoms with Gasteiger partial charge in [-0.2, -0.15) is 0 Å². The molecule has 0 radical (unpaired) electrons. The molecule has 9 heteroatoms. The number of nitrogens with zero attached hydrogens (tertiary/aromatic N) is 2. The summed E-state index contributed by atoms with van der Waals surface area (Å²) in [5, 5.41) is 10.6. The molecule has 3 aromatic rings. The van der Waals surface area contributed by atoms with E-state index in [4.69, 9.17) is 9.47 Å². The van der Waals surface area contributed by atoms with Gasteiger partial charge in [0.15, 0.2) is 11.5 Å². The molecule has 1 unspecified atom stereocenters. The fraction of sp³-hybridized carbons (Fsp3) is 0.316. The Hall–Kier alpha value is -2.94. The van der Waals surface area contributed by atoms with Crippen LogP contribution >= 0.6 is 0 Å². The van der Waals surface area contributed by atoms with Crippen LogP contribution in [0.3, 0.4) is 0 Å². The summed E-state index contributed by atoms with van der Waals surface area (Å²) in [6, 6.07) is 8.76. The molecule has 1 N–H and O–H groups in total. The number of fused-ring (bicyclic) bond motifs is 2. The van der Waals surface area contributed by atoms with Crippen molar-refractivity contribution in [1.82, 2.24) is 9.55 Å². The smallest absolute Gasteiger partial charge is 0.486 e. The van der Waals surface area contributed by atoms with E-state index >= 15 is 0 Å². The first-order valence-corrected chi connectivity index (χ1v) is 8.60. The highest BCUT2D eigenvalue weighted by molar-refractivity contribution is 5.80. The van der Waals surface area contributed by atoms with Crippen LogP contribution in [0.5, 0.6) is 17.2 Å². The van der Waals surface area contributed by atoms with Crippen LogP contribution < -0.4 is 14.2 Å². The van der Waals surface area contributed by atoms with Gasteiger partial charge in [0.25, 0.3) is 0 Å². The van der Waals surface area contributed by atoms with Gasteiger partial charge >= 0.3 is 6.36 Å². The number of imidazole rings is 1. The normalized spacial score (nSPS) is 14.9. The van der Waals surface area contributed by atoms with Gasteiger partial charge < -0.3 is 23.9 Å². The van der Waals surface area contributed by atoms with E-state index < -0.39 is 12.5 Å². The van der Waals surface area contributed by atoms with Gasteiger partial charge in [-0.1, -0.05) is 12.1 Å². The molecule has 1 aliphatic rings. The van der Waals surface area contributed by atoms with Crippen LogP contribution in [0.25, 0.3) is 11.0 Å². The monoisotopic (exact) mass is 394 g/mol. The van der Waals surface area contributed by atoms with Crippen molar-refractivity contribution in [2.24, 2.45) is 0 Å². The number of alkyl halides is 3. The standard InChI is InChI=1S/C19H17F3N2O4/c1-11-23-14-8-17-18(27-7-6-26-17)9-15(14)24(11)10-16(25)12-2-4-13(5-3-12)28-19(20,21)22/h2-5,8-9,16,25H,6-7,10H2,1H3. The third-order valence-corrected chi connectivity index (χ3v) is 4.46. The van der Waals surface area contributed by atoms with Crippen LogP contribution in [0, 0.1) is 6.92 Å². The SMILES string of the molecule is Cc1nc2cc3c(cc2n1CC(O)c1ccc(OC(F)(F)F)cc1)OCCO3. The van der Waals surface area contributed by atoms with Crippen molar-refractivity contribution in [1.29, 1.82) is 0 Å². The van der Waals surface area contributed by atoms with Gasteiger partial charge in [0, 0.05) is 12.1 Å². The summed E-state index contributed by atoms with van der Waals surface area (Å²) in [4.78, 5) is 4.49. The zero-order chi connectivity index (χ0) is 19.9. The Balaban J connectivity index is 1.58. The molecule has 0 spiro atoms. The highest BCUT2D eigenvalue weighted by atomic mass is 19.4. The first kappa shape index (κ1) is 18.4. The van der Waals surface area contributed by atoms with Crippen LogP contribution in [0.15, 0.2) is 36.4 Å². The minimum Gasteiger partial charge on any atom is -0.486 e. The summed E-state index contributed by atoms with van der Waals surface area (Å²) >= 11 is 0. The van der Waals surface area contributed by atoms with Crippen LogP contribution in [-0.2, 0) is 6.54 Å². The summed E-state index contributed by atoms with van der Waals surface area (Å²) in [5.74, 6) is 1.59. The van der Waals surface area contributed by atoms with Crippen molar-refractivity contribution in [2.75, 3.05) is 13.2 Å². The fourth-order valence-electron chi connectivity index (χ4n) is 3.18. The lowest BCUT2D eigenvalue weighted by Crippen LogP contribution is -2.17. The van der Waals surface area contributed by atoms with E-state index in [0.29, 0.717) is 41.6 Å². The lowest BCUT2D eigenvalue weighted by atomic mass is 10.1. The topological polar surface area (TPSA) is 65.7 Å². The average Bonchev–Trinajstić information content (AvgIpc) is 2.93. The molecular weight excluding hydrogens is 377 g/mol. The zero-order valence-corrected chi connectivity index (χ0v) is 14.9. The van der Waals surface area contributed by atoms with Gasteiger partial charge in [-0.3, -0.25) is 0 Å². The molecule has 1 atom stereocenters. The van der Waals surface area contributed by atoms with Crippen LogP contribution in [0.4, 0.5) is 13.2 Å². The molecule has 28 heavy (non-hydrogen) atoms. The average molecular weight is 394 g/mol. The first-order chi connectivity index (χ1) is 13.3. The Labute approximate surface area is 158 Å². The van der Waals surface area contributed by atoms with Gasteiger partial charge in [0.05, 0.1) is 23.7 Å². The predicted molar refractivity (Wildman–Crippen MR) is 93.5 cm³/mol. The van der Waals surface area contributed by atoms with Crippen molar-refractivity contribution in [3.63, 3.8) is 0 Å². The van der Waals surface area contributed by atoms with Crippen molar-refractivity contribution in [3.8, 4) is 17.2 Å². The largest absolute Gasteiger partial charge is 0.573 e. The Morgan fingerprint density at radius 2 is 1.79 bits per heavy atom. The fourth-order valence-corrected chi connectivity index (χ4v) is 3.18. The van der Waals surface area contributed by atoms with E-state index in [1.165, 1.54) is 24.3 Å². The van der Waals surface area contributed by atoms with Crippen LogP contribution in [-0.4, -0.2) is 34.2 Å². The second-order valence-corrected chi connectivity index (χ2v) is 6.39. The Kier molecular flexibility index (Phi) is 4.54. The maximum absolute atomic E-state index is 12.3. The van der Waals surface area contributed by atoms with E-state index in [-0.39, 0.29) is 12.3 Å². The van der Waals surface area contributed by atoms with Crippen molar-refractivity contribution in [3.05, 3.63) is 47.8 Å². The summed E-state index contributed by atoms with van der Waals surface area (Å²) in [6.07, 6.45) is -5.69. The molecule has 0 bridgehead atoms. The molecule has 2 aromatic carbocycles. The Morgan fingerprint density at radius 3 is 2.43 bits per heavy atom. The molecule has 1 aliphatic heterocycles. The van der Waals surface area contributed by atoms with Gasteiger partial charge in [0.1, 0.15) is 24.8 Å². The molecule has 0 aliphatic carbocycles. The van der Waals surface area contributed by atoms with E-state index in [2.05, 4.69) is 9.72 Å². The molecule has 0 saturated carbocycles. The summed E-state index contributed by atoms with van der Waals surface area (Å²) < 4.78 is 53.6. The number of aryl methyl sites for hydroxylation is 1. The molecule has 6 nitrogen and oxygen atoms in total. The Bertz CT molecular complexity index is 999. The highest BCUT2D eigenvalue weighted by Gasteiger charge is 2.31. The number of hydrogen-bond donors (Lipinski definition) is 1. The van der Waals surface area contributed by atoms with Crippen molar-refractivity contribution in [2.45, 2.75) is 25.9 Å². The van der Waals surface area contributed by atoms with Gasteiger partial charge in [-0.25, -0.2) is 4.98 Å². The van der Waals surface area contributed by atoms with E-state index in [1.807, 2.05) is 17.6 Å². The molecular formula is C19H17F3N2O4. The third-order valence-electron chi connectivity index (χ3n) is 4.46. The van der Waals surface area contributed by atoms with Gasteiger partial charge in [0.2, 0.25) is 0 Å². The molecule has 1 aromatic heterocycles. The van der Waals surface area contributed by atoms with Gasteiger partial charge in [-0.05, 0) is 24.6 Å². The molecule has 4 rings (SSSR count). The van der Waals surface area contributed by atoms with Crippen LogP contribution in [0.1, 0.15) is 17.5 Å². The summed E-state index contributed by atoms with van der Waals surface area (Å²) in [7, 11) is 0. The Morgan fingerprint density at radius 1 is 1.14 bits per heavy atom. The molecule has 2 heterocycles. The highest BCUT2D eigenvalue weighted by Crippen LogP contribution is 2.35. The number of halogens is 3.